The average Bonchev–Trinajstić information content (AvgIpc) is 3.28. The summed E-state index contributed by atoms with van der Waals surface area (Å²) >= 11 is 0. The van der Waals surface area contributed by atoms with Gasteiger partial charge in [0.25, 0.3) is 0 Å². The van der Waals surface area contributed by atoms with Crippen LogP contribution in [0.4, 0.5) is 0 Å². The number of fused-ring (bicyclic) bond motifs is 3. The Hall–Kier alpha value is -4.24. The Balaban J connectivity index is 1.46. The van der Waals surface area contributed by atoms with Crippen molar-refractivity contribution in [1.29, 1.82) is 0 Å². The molecule has 3 aromatic carbocycles. The lowest BCUT2D eigenvalue weighted by molar-refractivity contribution is 0.410. The monoisotopic (exact) mass is 510 g/mol. The number of hydrogen-bond acceptors (Lipinski definition) is 3. The number of para-hydroxylation sites is 1. The molecular weight excluding hydrogens is 476 g/mol. The average molecular weight is 511 g/mol. The number of hydrogen-bond donors (Lipinski definition) is 0. The van der Waals surface area contributed by atoms with E-state index in [2.05, 4.69) is 120 Å². The summed E-state index contributed by atoms with van der Waals surface area (Å²) in [7, 11) is 0. The van der Waals surface area contributed by atoms with Gasteiger partial charge in [0.05, 0.1) is 11.4 Å². The molecule has 0 aliphatic carbocycles. The summed E-state index contributed by atoms with van der Waals surface area (Å²) in [4.78, 5) is 9.92. The van der Waals surface area contributed by atoms with Gasteiger partial charge in [-0.1, -0.05) is 75.4 Å². The molecule has 194 valence electrons. The Morgan fingerprint density at radius 1 is 0.718 bits per heavy atom. The first-order chi connectivity index (χ1) is 18.7. The summed E-state index contributed by atoms with van der Waals surface area (Å²) in [6.07, 6.45) is 3.02. The van der Waals surface area contributed by atoms with E-state index < -0.39 is 0 Å². The molecule has 39 heavy (non-hydrogen) atoms. The van der Waals surface area contributed by atoms with Gasteiger partial charge in [-0.15, -0.1) is 0 Å². The number of pyridine rings is 2. The van der Waals surface area contributed by atoms with Crippen molar-refractivity contribution in [3.8, 4) is 33.6 Å². The minimum Gasteiger partial charge on any atom is -0.437 e. The summed E-state index contributed by atoms with van der Waals surface area (Å²) in [6.45, 7) is 13.3. The van der Waals surface area contributed by atoms with Crippen molar-refractivity contribution in [2.45, 2.75) is 48.0 Å². The molecule has 6 aromatic rings. The lowest BCUT2D eigenvalue weighted by Gasteiger charge is -2.19. The fraction of sp³-hybridized carbons (Fsp3) is 0.222. The van der Waals surface area contributed by atoms with Crippen molar-refractivity contribution in [2.24, 2.45) is 5.41 Å². The van der Waals surface area contributed by atoms with E-state index in [1.165, 1.54) is 33.4 Å². The van der Waals surface area contributed by atoms with Crippen LogP contribution >= 0.6 is 0 Å². The van der Waals surface area contributed by atoms with Gasteiger partial charge < -0.3 is 4.42 Å². The molecule has 0 unspecified atom stereocenters. The molecule has 3 aromatic heterocycles. The molecule has 6 rings (SSSR count). The third-order valence-electron chi connectivity index (χ3n) is 7.59. The molecule has 0 amide bonds. The predicted octanol–water partition coefficient (Wildman–Crippen LogP) is 9.89. The summed E-state index contributed by atoms with van der Waals surface area (Å²) in [5, 5.41) is 2.08. The first-order valence-electron chi connectivity index (χ1n) is 13.6. The second-order valence-electron chi connectivity index (χ2n) is 11.9. The van der Waals surface area contributed by atoms with E-state index >= 15 is 0 Å². The van der Waals surface area contributed by atoms with Crippen LogP contribution in [0.3, 0.4) is 0 Å². The third-order valence-corrected chi connectivity index (χ3v) is 7.59. The summed E-state index contributed by atoms with van der Waals surface area (Å²) in [5.41, 5.74) is 13.1. The Labute approximate surface area is 230 Å². The number of furan rings is 1. The largest absolute Gasteiger partial charge is 0.437 e. The molecule has 3 heteroatoms. The second kappa shape index (κ2) is 9.50. The molecule has 0 aliphatic rings. The first-order valence-corrected chi connectivity index (χ1v) is 13.6. The fourth-order valence-electron chi connectivity index (χ4n) is 5.68. The normalized spacial score (nSPS) is 11.9. The van der Waals surface area contributed by atoms with E-state index in [4.69, 9.17) is 14.4 Å². The highest BCUT2D eigenvalue weighted by Gasteiger charge is 2.19. The van der Waals surface area contributed by atoms with E-state index in [1.807, 2.05) is 6.20 Å². The lowest BCUT2D eigenvalue weighted by Crippen LogP contribution is -2.10. The first kappa shape index (κ1) is 25.1. The second-order valence-corrected chi connectivity index (χ2v) is 11.9. The Morgan fingerprint density at radius 2 is 1.51 bits per heavy atom. The quantitative estimate of drug-likeness (QED) is 0.237. The molecule has 0 saturated carbocycles. The van der Waals surface area contributed by atoms with Crippen LogP contribution in [0, 0.1) is 26.2 Å². The molecule has 0 atom stereocenters. The van der Waals surface area contributed by atoms with Gasteiger partial charge in [0, 0.05) is 28.1 Å². The van der Waals surface area contributed by atoms with Gasteiger partial charge in [-0.05, 0) is 90.3 Å². The van der Waals surface area contributed by atoms with Crippen molar-refractivity contribution in [2.75, 3.05) is 0 Å². The van der Waals surface area contributed by atoms with Gasteiger partial charge in [0.15, 0.2) is 0 Å². The summed E-state index contributed by atoms with van der Waals surface area (Å²) in [6, 6.07) is 27.7. The maximum Gasteiger partial charge on any atom is 0.227 e. The summed E-state index contributed by atoms with van der Waals surface area (Å²) < 4.78 is 6.49. The zero-order valence-electron chi connectivity index (χ0n) is 23.6. The van der Waals surface area contributed by atoms with E-state index in [0.29, 0.717) is 5.71 Å². The number of aryl methyl sites for hydroxylation is 2. The SMILES string of the molecule is Cc1cc(-c2cccc3c2oc2nc(-c4c(C)ccc(-c5ccccc5)c4C)ccc23)ncc1CC(C)(C)C. The van der Waals surface area contributed by atoms with Gasteiger partial charge in [0.2, 0.25) is 5.71 Å². The highest BCUT2D eigenvalue weighted by Crippen LogP contribution is 2.38. The van der Waals surface area contributed by atoms with Gasteiger partial charge >= 0.3 is 0 Å². The van der Waals surface area contributed by atoms with Crippen molar-refractivity contribution < 1.29 is 4.42 Å². The minimum atomic E-state index is 0.216. The van der Waals surface area contributed by atoms with Crippen LogP contribution in [-0.2, 0) is 6.42 Å². The molecule has 0 bridgehead atoms. The minimum absolute atomic E-state index is 0.216. The molecule has 0 N–H and O–H groups in total. The van der Waals surface area contributed by atoms with Crippen molar-refractivity contribution in [3.63, 3.8) is 0 Å². The molecule has 0 saturated heterocycles. The zero-order chi connectivity index (χ0) is 27.3. The maximum absolute atomic E-state index is 6.49. The van der Waals surface area contributed by atoms with Crippen LogP contribution in [0.1, 0.15) is 43.0 Å². The smallest absolute Gasteiger partial charge is 0.227 e. The van der Waals surface area contributed by atoms with Gasteiger partial charge in [0.1, 0.15) is 5.58 Å². The van der Waals surface area contributed by atoms with Crippen molar-refractivity contribution in [1.82, 2.24) is 9.97 Å². The van der Waals surface area contributed by atoms with Crippen LogP contribution in [-0.4, -0.2) is 9.97 Å². The molecule has 3 heterocycles. The number of aromatic nitrogens is 2. The molecule has 0 aliphatic heterocycles. The summed E-state index contributed by atoms with van der Waals surface area (Å²) in [5.74, 6) is 0. The van der Waals surface area contributed by atoms with Gasteiger partial charge in [-0.25, -0.2) is 4.98 Å². The van der Waals surface area contributed by atoms with Gasteiger partial charge in [-0.3, -0.25) is 4.98 Å². The van der Waals surface area contributed by atoms with E-state index in [1.54, 1.807) is 0 Å². The van der Waals surface area contributed by atoms with E-state index in [0.717, 1.165) is 45.3 Å². The van der Waals surface area contributed by atoms with Gasteiger partial charge in [-0.2, -0.15) is 0 Å². The van der Waals surface area contributed by atoms with E-state index in [9.17, 15) is 0 Å². The predicted molar refractivity (Wildman–Crippen MR) is 163 cm³/mol. The number of rotatable bonds is 4. The fourth-order valence-corrected chi connectivity index (χ4v) is 5.68. The molecular formula is C36H34N2O. The standard InChI is InChI=1S/C36H34N2O/c1-22-15-16-27(25-11-8-7-9-12-25)24(3)33(22)31-18-17-29-28-13-10-14-30(34(28)39-35(29)38-31)32-19-23(2)26(21-37-32)20-36(4,5)6/h7-19,21H,20H2,1-6H3. The highest BCUT2D eigenvalue weighted by molar-refractivity contribution is 6.08. The lowest BCUT2D eigenvalue weighted by atomic mass is 9.87. The molecule has 0 radical (unpaired) electrons. The molecule has 0 fully saturated rings. The van der Waals surface area contributed by atoms with Crippen molar-refractivity contribution >= 4 is 22.1 Å². The Morgan fingerprint density at radius 3 is 2.26 bits per heavy atom. The topological polar surface area (TPSA) is 38.9 Å². The van der Waals surface area contributed by atoms with Crippen molar-refractivity contribution in [3.05, 3.63) is 107 Å². The van der Waals surface area contributed by atoms with E-state index in [-0.39, 0.29) is 5.41 Å². The Kier molecular flexibility index (Phi) is 6.10. The van der Waals surface area contributed by atoms with Crippen LogP contribution in [0.5, 0.6) is 0 Å². The van der Waals surface area contributed by atoms with Crippen LogP contribution in [0.2, 0.25) is 0 Å². The Bertz CT molecular complexity index is 1840. The molecule has 3 nitrogen and oxygen atoms in total. The third kappa shape index (κ3) is 4.63. The zero-order valence-corrected chi connectivity index (χ0v) is 23.6. The van der Waals surface area contributed by atoms with Crippen LogP contribution in [0.15, 0.2) is 89.5 Å². The molecule has 0 spiro atoms. The van der Waals surface area contributed by atoms with Crippen LogP contribution < -0.4 is 0 Å². The number of benzene rings is 3. The maximum atomic E-state index is 6.49. The van der Waals surface area contributed by atoms with Crippen LogP contribution in [0.25, 0.3) is 55.7 Å². The highest BCUT2D eigenvalue weighted by atomic mass is 16.3. The number of nitrogens with zero attached hydrogens (tertiary/aromatic N) is 2.